The third kappa shape index (κ3) is 5.37. The maximum atomic E-state index is 12.3. The van der Waals surface area contributed by atoms with Crippen molar-refractivity contribution in [3.63, 3.8) is 0 Å². The van der Waals surface area contributed by atoms with E-state index in [4.69, 9.17) is 0 Å². The predicted molar refractivity (Wildman–Crippen MR) is 127 cm³/mol. The molecule has 2 aromatic carbocycles. The van der Waals surface area contributed by atoms with Crippen LogP contribution in [0.1, 0.15) is 49.3 Å². The summed E-state index contributed by atoms with van der Waals surface area (Å²) in [6.07, 6.45) is 7.28. The lowest BCUT2D eigenvalue weighted by molar-refractivity contribution is -0.118. The van der Waals surface area contributed by atoms with Crippen molar-refractivity contribution < 1.29 is 9.90 Å². The molecule has 4 rings (SSSR count). The molecule has 1 fully saturated rings. The summed E-state index contributed by atoms with van der Waals surface area (Å²) in [5, 5.41) is 23.4. The van der Waals surface area contributed by atoms with E-state index in [9.17, 15) is 9.90 Å². The molecule has 1 heterocycles. The fourth-order valence-electron chi connectivity index (χ4n) is 3.88. The number of carbonyl (C=O) groups excluding carboxylic acids is 1. The second kappa shape index (κ2) is 10.5. The van der Waals surface area contributed by atoms with E-state index in [2.05, 4.69) is 56.5 Å². The number of hydrazone groups is 1. The quantitative estimate of drug-likeness (QED) is 0.310. The van der Waals surface area contributed by atoms with Crippen molar-refractivity contribution >= 4 is 23.9 Å². The summed E-state index contributed by atoms with van der Waals surface area (Å²) in [7, 11) is 0. The summed E-state index contributed by atoms with van der Waals surface area (Å²) in [6.45, 7) is 2.07. The van der Waals surface area contributed by atoms with Crippen molar-refractivity contribution in [2.24, 2.45) is 5.10 Å². The number of hydrogen-bond acceptors (Lipinski definition) is 6. The van der Waals surface area contributed by atoms with Gasteiger partial charge in [0.25, 0.3) is 5.91 Å². The Bertz CT molecular complexity index is 1090. The van der Waals surface area contributed by atoms with Gasteiger partial charge in [-0.05, 0) is 31.9 Å². The molecule has 166 valence electrons. The van der Waals surface area contributed by atoms with Crippen LogP contribution in [0.5, 0.6) is 5.75 Å². The average Bonchev–Trinajstić information content (AvgIpc) is 3.24. The molecular formula is C24H27N5O2S. The molecule has 0 unspecified atom stereocenters. The predicted octanol–water partition coefficient (Wildman–Crippen LogP) is 4.71. The molecule has 2 N–H and O–H groups in total. The third-order valence-corrected chi connectivity index (χ3v) is 6.52. The number of thioether (sulfide) groups is 1. The summed E-state index contributed by atoms with van der Waals surface area (Å²) in [6, 6.07) is 15.5. The Balaban J connectivity index is 1.46. The van der Waals surface area contributed by atoms with Crippen molar-refractivity contribution in [2.45, 2.75) is 50.2 Å². The lowest BCUT2D eigenvalue weighted by Gasteiger charge is -2.25. The van der Waals surface area contributed by atoms with Crippen molar-refractivity contribution in [3.8, 4) is 17.1 Å². The Morgan fingerprint density at radius 3 is 2.66 bits per heavy atom. The van der Waals surface area contributed by atoms with E-state index < -0.39 is 0 Å². The van der Waals surface area contributed by atoms with Crippen molar-refractivity contribution in [3.05, 3.63) is 59.7 Å². The number of para-hydroxylation sites is 1. The van der Waals surface area contributed by atoms with Gasteiger partial charge in [0.05, 0.1) is 12.0 Å². The summed E-state index contributed by atoms with van der Waals surface area (Å²) in [5.74, 6) is 0.912. The highest BCUT2D eigenvalue weighted by atomic mass is 32.2. The number of benzene rings is 2. The highest BCUT2D eigenvalue weighted by Gasteiger charge is 2.24. The van der Waals surface area contributed by atoms with Crippen LogP contribution in [0.4, 0.5) is 0 Å². The molecule has 7 nitrogen and oxygen atoms in total. The van der Waals surface area contributed by atoms with E-state index >= 15 is 0 Å². The first-order valence-corrected chi connectivity index (χ1v) is 11.8. The van der Waals surface area contributed by atoms with E-state index in [1.165, 1.54) is 42.8 Å². The van der Waals surface area contributed by atoms with E-state index in [1.807, 2.05) is 0 Å². The smallest absolute Gasteiger partial charge is 0.250 e. The van der Waals surface area contributed by atoms with E-state index in [0.29, 0.717) is 11.6 Å². The fourth-order valence-corrected chi connectivity index (χ4v) is 4.67. The van der Waals surface area contributed by atoms with Crippen molar-refractivity contribution in [1.82, 2.24) is 20.2 Å². The number of aromatic nitrogens is 3. The summed E-state index contributed by atoms with van der Waals surface area (Å²) in [5.41, 5.74) is 5.30. The van der Waals surface area contributed by atoms with Gasteiger partial charge < -0.3 is 5.11 Å². The number of hydrogen-bond donors (Lipinski definition) is 2. The number of nitrogens with zero attached hydrogens (tertiary/aromatic N) is 4. The topological polar surface area (TPSA) is 92.4 Å². The van der Waals surface area contributed by atoms with Gasteiger partial charge in [-0.3, -0.25) is 9.36 Å². The number of aryl methyl sites for hydroxylation is 1. The Hall–Kier alpha value is -3.13. The minimum Gasteiger partial charge on any atom is -0.507 e. The second-order valence-corrected chi connectivity index (χ2v) is 8.92. The Morgan fingerprint density at radius 1 is 1.16 bits per heavy atom. The van der Waals surface area contributed by atoms with Gasteiger partial charge >= 0.3 is 0 Å². The van der Waals surface area contributed by atoms with Crippen LogP contribution in [-0.2, 0) is 4.79 Å². The molecule has 1 amide bonds. The van der Waals surface area contributed by atoms with Crippen molar-refractivity contribution in [2.75, 3.05) is 5.75 Å². The Labute approximate surface area is 192 Å². The van der Waals surface area contributed by atoms with E-state index in [0.717, 1.165) is 29.4 Å². The van der Waals surface area contributed by atoms with Gasteiger partial charge in [-0.1, -0.05) is 73.0 Å². The molecule has 1 aliphatic rings. The van der Waals surface area contributed by atoms with Crippen LogP contribution in [0, 0.1) is 6.92 Å². The molecule has 1 saturated carbocycles. The zero-order valence-corrected chi connectivity index (χ0v) is 18.9. The molecule has 0 spiro atoms. The largest absolute Gasteiger partial charge is 0.507 e. The first-order valence-electron chi connectivity index (χ1n) is 10.9. The van der Waals surface area contributed by atoms with Gasteiger partial charge in [0.15, 0.2) is 11.0 Å². The molecule has 8 heteroatoms. The van der Waals surface area contributed by atoms with Gasteiger partial charge in [-0.2, -0.15) is 5.10 Å². The maximum absolute atomic E-state index is 12.3. The number of aromatic hydroxyl groups is 1. The maximum Gasteiger partial charge on any atom is 0.250 e. The van der Waals surface area contributed by atoms with Gasteiger partial charge in [0.1, 0.15) is 5.75 Å². The number of rotatable bonds is 7. The van der Waals surface area contributed by atoms with Crippen LogP contribution in [-0.4, -0.2) is 37.7 Å². The minimum absolute atomic E-state index is 0.115. The zero-order valence-electron chi connectivity index (χ0n) is 18.1. The van der Waals surface area contributed by atoms with Crippen molar-refractivity contribution in [1.29, 1.82) is 0 Å². The van der Waals surface area contributed by atoms with E-state index in [-0.39, 0.29) is 17.4 Å². The molecular weight excluding hydrogens is 422 g/mol. The minimum atomic E-state index is -0.239. The SMILES string of the molecule is Cc1ccc(-c2nnc(SCC(=O)NN=Cc3ccccc3O)n2C2CCCCC2)cc1. The highest BCUT2D eigenvalue weighted by Crippen LogP contribution is 2.35. The van der Waals surface area contributed by atoms with Crippen LogP contribution in [0.3, 0.4) is 0 Å². The molecule has 3 aromatic rings. The fraction of sp³-hybridized carbons (Fsp3) is 0.333. The lowest BCUT2D eigenvalue weighted by Crippen LogP contribution is -2.20. The molecule has 0 aliphatic heterocycles. The lowest BCUT2D eigenvalue weighted by atomic mass is 9.95. The Morgan fingerprint density at radius 2 is 1.91 bits per heavy atom. The first-order chi connectivity index (χ1) is 15.6. The monoisotopic (exact) mass is 449 g/mol. The molecule has 32 heavy (non-hydrogen) atoms. The first kappa shape index (κ1) is 22.1. The van der Waals surface area contributed by atoms with Gasteiger partial charge in [-0.15, -0.1) is 10.2 Å². The number of amides is 1. The molecule has 0 saturated heterocycles. The number of phenols is 1. The number of carbonyl (C=O) groups is 1. The zero-order chi connectivity index (χ0) is 22.3. The van der Waals surface area contributed by atoms with Gasteiger partial charge in [0.2, 0.25) is 0 Å². The summed E-state index contributed by atoms with van der Waals surface area (Å²) >= 11 is 1.37. The second-order valence-electron chi connectivity index (χ2n) is 7.97. The molecule has 0 bridgehead atoms. The molecule has 0 radical (unpaired) electrons. The molecule has 0 atom stereocenters. The molecule has 1 aromatic heterocycles. The van der Waals surface area contributed by atoms with Gasteiger partial charge in [0, 0.05) is 17.2 Å². The normalized spacial score (nSPS) is 14.7. The third-order valence-electron chi connectivity index (χ3n) is 5.58. The highest BCUT2D eigenvalue weighted by molar-refractivity contribution is 7.99. The van der Waals surface area contributed by atoms with Crippen LogP contribution in [0.15, 0.2) is 58.8 Å². The summed E-state index contributed by atoms with van der Waals surface area (Å²) < 4.78 is 2.22. The van der Waals surface area contributed by atoms with Crippen LogP contribution < -0.4 is 5.43 Å². The van der Waals surface area contributed by atoms with Crippen LogP contribution in [0.25, 0.3) is 11.4 Å². The standard InChI is InChI=1S/C24H27N5O2S/c1-17-11-13-18(14-12-17)23-27-28-24(29(23)20-8-3-2-4-9-20)32-16-22(31)26-25-15-19-7-5-6-10-21(19)30/h5-7,10-15,20,30H,2-4,8-9,16H2,1H3,(H,26,31). The Kier molecular flexibility index (Phi) is 7.21. The average molecular weight is 450 g/mol. The molecule has 1 aliphatic carbocycles. The van der Waals surface area contributed by atoms with Gasteiger partial charge in [-0.25, -0.2) is 5.43 Å². The van der Waals surface area contributed by atoms with Crippen LogP contribution >= 0.6 is 11.8 Å². The summed E-state index contributed by atoms with van der Waals surface area (Å²) in [4.78, 5) is 12.3. The number of phenolic OH excluding ortho intramolecular Hbond substituents is 1. The van der Waals surface area contributed by atoms with Crippen LogP contribution in [0.2, 0.25) is 0 Å². The van der Waals surface area contributed by atoms with E-state index in [1.54, 1.807) is 24.3 Å². The number of nitrogens with one attached hydrogen (secondary N) is 1.